The molecular weight excluding hydrogens is 354 g/mol. The smallest absolute Gasteiger partial charge is 0.0334 e. The van der Waals surface area contributed by atoms with Crippen LogP contribution in [-0.2, 0) is 0 Å². The molecule has 1 aromatic rings. The predicted octanol–water partition coefficient (Wildman–Crippen LogP) is 5.43. The molecule has 0 aromatic heterocycles. The summed E-state index contributed by atoms with van der Waals surface area (Å²) in [6.07, 6.45) is 6.59. The summed E-state index contributed by atoms with van der Waals surface area (Å²) in [5.74, 6) is 1.52. The minimum absolute atomic E-state index is 0.168. The summed E-state index contributed by atoms with van der Waals surface area (Å²) in [4.78, 5) is 0. The van der Waals surface area contributed by atoms with Gasteiger partial charge in [-0.15, -0.1) is 0 Å². The Morgan fingerprint density at radius 3 is 2.78 bits per heavy atom. The Balaban J connectivity index is 2.12. The van der Waals surface area contributed by atoms with E-state index in [1.807, 2.05) is 0 Å². The molecule has 2 N–H and O–H groups in total. The molecule has 1 aliphatic carbocycles. The first-order valence-corrected chi connectivity index (χ1v) is 8.41. The Labute approximate surface area is 127 Å². The van der Waals surface area contributed by atoms with E-state index in [0.29, 0.717) is 5.92 Å². The second-order valence-electron chi connectivity index (χ2n) is 5.39. The van der Waals surface area contributed by atoms with Crippen molar-refractivity contribution in [3.05, 3.63) is 32.7 Å². The lowest BCUT2D eigenvalue weighted by Gasteiger charge is -2.33. The molecule has 3 atom stereocenters. The van der Waals surface area contributed by atoms with E-state index in [9.17, 15) is 0 Å². The zero-order chi connectivity index (χ0) is 13.1. The van der Waals surface area contributed by atoms with Crippen molar-refractivity contribution in [2.45, 2.75) is 45.1 Å². The van der Waals surface area contributed by atoms with Gasteiger partial charge in [-0.2, -0.15) is 0 Å². The molecule has 1 fully saturated rings. The average molecular weight is 375 g/mol. The van der Waals surface area contributed by atoms with Crippen LogP contribution >= 0.6 is 31.9 Å². The van der Waals surface area contributed by atoms with Crippen LogP contribution in [0.15, 0.2) is 27.1 Å². The quantitative estimate of drug-likeness (QED) is 0.750. The summed E-state index contributed by atoms with van der Waals surface area (Å²) in [6, 6.07) is 6.49. The van der Waals surface area contributed by atoms with Crippen LogP contribution in [0.4, 0.5) is 0 Å². The van der Waals surface area contributed by atoms with Gasteiger partial charge in [-0.05, 0) is 42.4 Å². The summed E-state index contributed by atoms with van der Waals surface area (Å²) in [6.45, 7) is 2.30. The lowest BCUT2D eigenvalue weighted by Crippen LogP contribution is -2.27. The van der Waals surface area contributed by atoms with Gasteiger partial charge in [0.1, 0.15) is 0 Å². The van der Waals surface area contributed by atoms with Gasteiger partial charge in [0.2, 0.25) is 0 Å². The van der Waals surface area contributed by atoms with Crippen LogP contribution in [0.25, 0.3) is 0 Å². The summed E-state index contributed by atoms with van der Waals surface area (Å²) >= 11 is 7.13. The zero-order valence-corrected chi connectivity index (χ0v) is 14.0. The van der Waals surface area contributed by atoms with Crippen LogP contribution in [-0.4, -0.2) is 0 Å². The molecule has 1 aliphatic rings. The van der Waals surface area contributed by atoms with Crippen LogP contribution in [0.3, 0.4) is 0 Å². The number of nitrogens with two attached hydrogens (primary N) is 1. The van der Waals surface area contributed by atoms with E-state index >= 15 is 0 Å². The van der Waals surface area contributed by atoms with E-state index in [0.717, 1.165) is 14.9 Å². The van der Waals surface area contributed by atoms with Crippen molar-refractivity contribution >= 4 is 31.9 Å². The Morgan fingerprint density at radius 2 is 2.11 bits per heavy atom. The van der Waals surface area contributed by atoms with E-state index in [1.54, 1.807) is 0 Å². The highest BCUT2D eigenvalue weighted by molar-refractivity contribution is 9.11. The average Bonchev–Trinajstić information content (AvgIpc) is 2.38. The van der Waals surface area contributed by atoms with Crippen molar-refractivity contribution in [2.24, 2.45) is 17.6 Å². The number of rotatable bonds is 3. The Bertz CT molecular complexity index is 405. The fraction of sp³-hybridized carbons (Fsp3) is 0.600. The molecule has 0 aliphatic heterocycles. The molecule has 3 heteroatoms. The van der Waals surface area contributed by atoms with Crippen LogP contribution in [0.1, 0.15) is 50.6 Å². The monoisotopic (exact) mass is 373 g/mol. The van der Waals surface area contributed by atoms with Crippen molar-refractivity contribution in [1.82, 2.24) is 0 Å². The maximum absolute atomic E-state index is 6.49. The first-order chi connectivity index (χ1) is 8.61. The SMILES string of the molecule is CCC1CCCC(C(N)c2ccc(Br)cc2Br)C1. The molecule has 18 heavy (non-hydrogen) atoms. The highest BCUT2D eigenvalue weighted by Gasteiger charge is 2.27. The first-order valence-electron chi connectivity index (χ1n) is 6.82. The van der Waals surface area contributed by atoms with Gasteiger partial charge in [0.15, 0.2) is 0 Å². The van der Waals surface area contributed by atoms with Gasteiger partial charge in [-0.1, -0.05) is 64.1 Å². The van der Waals surface area contributed by atoms with E-state index in [4.69, 9.17) is 5.73 Å². The van der Waals surface area contributed by atoms with Gasteiger partial charge in [-0.3, -0.25) is 0 Å². The molecule has 1 nitrogen and oxygen atoms in total. The highest BCUT2D eigenvalue weighted by Crippen LogP contribution is 2.39. The van der Waals surface area contributed by atoms with Gasteiger partial charge in [-0.25, -0.2) is 0 Å². The topological polar surface area (TPSA) is 26.0 Å². The Kier molecular flexibility index (Phi) is 5.28. The highest BCUT2D eigenvalue weighted by atomic mass is 79.9. The number of hydrogen-bond donors (Lipinski definition) is 1. The maximum atomic E-state index is 6.49. The van der Waals surface area contributed by atoms with Crippen LogP contribution in [0.2, 0.25) is 0 Å². The number of hydrogen-bond acceptors (Lipinski definition) is 1. The van der Waals surface area contributed by atoms with Gasteiger partial charge >= 0.3 is 0 Å². The molecule has 1 saturated carbocycles. The molecule has 0 bridgehead atoms. The minimum Gasteiger partial charge on any atom is -0.324 e. The van der Waals surface area contributed by atoms with Crippen molar-refractivity contribution in [1.29, 1.82) is 0 Å². The molecule has 3 unspecified atom stereocenters. The van der Waals surface area contributed by atoms with Crippen LogP contribution in [0, 0.1) is 11.8 Å². The largest absolute Gasteiger partial charge is 0.324 e. The molecule has 0 saturated heterocycles. The Morgan fingerprint density at radius 1 is 1.33 bits per heavy atom. The van der Waals surface area contributed by atoms with Gasteiger partial charge in [0, 0.05) is 15.0 Å². The summed E-state index contributed by atoms with van der Waals surface area (Å²) < 4.78 is 2.23. The summed E-state index contributed by atoms with van der Waals surface area (Å²) in [7, 11) is 0. The van der Waals surface area contributed by atoms with Crippen LogP contribution < -0.4 is 5.73 Å². The molecule has 0 spiro atoms. The van der Waals surface area contributed by atoms with E-state index in [2.05, 4.69) is 57.0 Å². The van der Waals surface area contributed by atoms with Crippen molar-refractivity contribution < 1.29 is 0 Å². The third kappa shape index (κ3) is 3.37. The standard InChI is InChI=1S/C15H21Br2N/c1-2-10-4-3-5-11(8-10)15(18)13-7-6-12(16)9-14(13)17/h6-7,9-11,15H,2-5,8,18H2,1H3. The van der Waals surface area contributed by atoms with Gasteiger partial charge < -0.3 is 5.73 Å². The molecule has 0 amide bonds. The van der Waals surface area contributed by atoms with Crippen molar-refractivity contribution in [3.8, 4) is 0 Å². The van der Waals surface area contributed by atoms with Crippen LogP contribution in [0.5, 0.6) is 0 Å². The van der Waals surface area contributed by atoms with E-state index in [1.165, 1.54) is 37.7 Å². The number of benzene rings is 1. The predicted molar refractivity (Wildman–Crippen MR) is 84.5 cm³/mol. The normalized spacial score (nSPS) is 26.0. The lowest BCUT2D eigenvalue weighted by atomic mass is 9.75. The molecular formula is C15H21Br2N. The number of halogens is 2. The van der Waals surface area contributed by atoms with E-state index in [-0.39, 0.29) is 6.04 Å². The third-order valence-electron chi connectivity index (χ3n) is 4.23. The zero-order valence-electron chi connectivity index (χ0n) is 10.8. The lowest BCUT2D eigenvalue weighted by molar-refractivity contribution is 0.230. The van der Waals surface area contributed by atoms with Crippen molar-refractivity contribution in [3.63, 3.8) is 0 Å². The molecule has 0 radical (unpaired) electrons. The molecule has 0 heterocycles. The first kappa shape index (κ1) is 14.5. The van der Waals surface area contributed by atoms with E-state index < -0.39 is 0 Å². The maximum Gasteiger partial charge on any atom is 0.0334 e. The molecule has 2 rings (SSSR count). The molecule has 100 valence electrons. The van der Waals surface area contributed by atoms with Crippen molar-refractivity contribution in [2.75, 3.05) is 0 Å². The van der Waals surface area contributed by atoms with Gasteiger partial charge in [0.25, 0.3) is 0 Å². The second kappa shape index (κ2) is 6.53. The fourth-order valence-electron chi connectivity index (χ4n) is 3.06. The summed E-state index contributed by atoms with van der Waals surface area (Å²) in [5, 5.41) is 0. The second-order valence-corrected chi connectivity index (χ2v) is 7.16. The van der Waals surface area contributed by atoms with Gasteiger partial charge in [0.05, 0.1) is 0 Å². The minimum atomic E-state index is 0.168. The molecule has 1 aromatic carbocycles. The third-order valence-corrected chi connectivity index (χ3v) is 5.41. The summed E-state index contributed by atoms with van der Waals surface area (Å²) in [5.41, 5.74) is 7.74. The Hall–Kier alpha value is 0.140. The fourth-order valence-corrected chi connectivity index (χ4v) is 4.37.